The average molecular weight is 382 g/mol. The Hall–Kier alpha value is -2.70. The molecule has 0 unspecified atom stereocenters. The molecule has 7 heteroatoms. The highest BCUT2D eigenvalue weighted by Crippen LogP contribution is 2.29. The molecule has 3 heterocycles. The topological polar surface area (TPSA) is 60.0 Å². The summed E-state index contributed by atoms with van der Waals surface area (Å²) in [6, 6.07) is 12.2. The summed E-state index contributed by atoms with van der Waals surface area (Å²) >= 11 is 6.52. The van der Waals surface area contributed by atoms with Gasteiger partial charge in [-0.2, -0.15) is 5.10 Å². The Balaban J connectivity index is 1.62. The zero-order valence-corrected chi connectivity index (χ0v) is 16.2. The van der Waals surface area contributed by atoms with Crippen molar-refractivity contribution in [2.45, 2.75) is 20.0 Å². The lowest BCUT2D eigenvalue weighted by Crippen LogP contribution is -2.18. The molecular weight excluding hydrogens is 362 g/mol. The molecule has 3 aromatic heterocycles. The molecule has 0 radical (unpaired) electrons. The van der Waals surface area contributed by atoms with E-state index in [2.05, 4.69) is 51.5 Å². The predicted octanol–water partition coefficient (Wildman–Crippen LogP) is 4.22. The van der Waals surface area contributed by atoms with E-state index in [4.69, 9.17) is 16.1 Å². The van der Waals surface area contributed by atoms with Crippen molar-refractivity contribution in [3.63, 3.8) is 0 Å². The van der Waals surface area contributed by atoms with Gasteiger partial charge in [0.15, 0.2) is 0 Å². The van der Waals surface area contributed by atoms with Crippen LogP contribution in [0.5, 0.6) is 0 Å². The van der Waals surface area contributed by atoms with Crippen molar-refractivity contribution < 1.29 is 4.52 Å². The summed E-state index contributed by atoms with van der Waals surface area (Å²) in [5.74, 6) is 0.743. The summed E-state index contributed by atoms with van der Waals surface area (Å²) in [6.45, 7) is 3.24. The number of hydrogen-bond acceptors (Lipinski definition) is 5. The molecule has 0 N–H and O–H groups in total. The molecule has 0 saturated heterocycles. The van der Waals surface area contributed by atoms with Crippen LogP contribution < -0.4 is 0 Å². The van der Waals surface area contributed by atoms with Crippen LogP contribution in [0.2, 0.25) is 5.15 Å². The zero-order valence-electron chi connectivity index (χ0n) is 15.5. The first-order chi connectivity index (χ1) is 13.0. The molecule has 0 saturated carbocycles. The molecule has 0 spiro atoms. The molecule has 1 aromatic carbocycles. The quantitative estimate of drug-likeness (QED) is 0.518. The summed E-state index contributed by atoms with van der Waals surface area (Å²) in [5.41, 5.74) is 4.58. The maximum atomic E-state index is 6.52. The highest BCUT2D eigenvalue weighted by Gasteiger charge is 2.20. The van der Waals surface area contributed by atoms with E-state index in [9.17, 15) is 0 Å². The Morgan fingerprint density at radius 2 is 2.00 bits per heavy atom. The van der Waals surface area contributed by atoms with E-state index in [0.29, 0.717) is 17.4 Å². The van der Waals surface area contributed by atoms with E-state index in [0.717, 1.165) is 34.5 Å². The van der Waals surface area contributed by atoms with Crippen molar-refractivity contribution in [1.82, 2.24) is 24.8 Å². The molecule has 138 valence electrons. The zero-order chi connectivity index (χ0) is 19.0. The van der Waals surface area contributed by atoms with Gasteiger partial charge in [0.05, 0.1) is 5.52 Å². The molecule has 0 fully saturated rings. The van der Waals surface area contributed by atoms with Crippen molar-refractivity contribution in [3.8, 4) is 11.4 Å². The first-order valence-electron chi connectivity index (χ1n) is 8.69. The van der Waals surface area contributed by atoms with Crippen LogP contribution in [0, 0.1) is 6.92 Å². The second kappa shape index (κ2) is 7.13. The van der Waals surface area contributed by atoms with E-state index in [1.807, 2.05) is 32.3 Å². The van der Waals surface area contributed by atoms with E-state index < -0.39 is 0 Å². The summed E-state index contributed by atoms with van der Waals surface area (Å²) in [5, 5.41) is 10.4. The fourth-order valence-corrected chi connectivity index (χ4v) is 3.47. The van der Waals surface area contributed by atoms with Crippen molar-refractivity contribution in [3.05, 3.63) is 64.6 Å². The van der Waals surface area contributed by atoms with E-state index >= 15 is 0 Å². The van der Waals surface area contributed by atoms with Crippen LogP contribution in [0.4, 0.5) is 0 Å². The van der Waals surface area contributed by atoms with Gasteiger partial charge in [0.2, 0.25) is 0 Å². The third kappa shape index (κ3) is 3.46. The van der Waals surface area contributed by atoms with Crippen LogP contribution in [-0.4, -0.2) is 31.9 Å². The normalized spacial score (nSPS) is 11.6. The van der Waals surface area contributed by atoms with Gasteiger partial charge >= 0.3 is 0 Å². The van der Waals surface area contributed by atoms with E-state index in [1.165, 1.54) is 5.56 Å². The monoisotopic (exact) mass is 381 g/mol. The number of aromatic nitrogens is 4. The smallest absolute Gasteiger partial charge is 0.134 e. The van der Waals surface area contributed by atoms with Crippen molar-refractivity contribution in [2.75, 3.05) is 7.05 Å². The Morgan fingerprint density at radius 1 is 1.19 bits per heavy atom. The number of rotatable bonds is 5. The Labute approximate surface area is 162 Å². The van der Waals surface area contributed by atoms with Crippen molar-refractivity contribution in [1.29, 1.82) is 0 Å². The van der Waals surface area contributed by atoms with Crippen molar-refractivity contribution >= 4 is 22.5 Å². The molecule has 0 bridgehead atoms. The molecule has 0 aliphatic heterocycles. The minimum atomic E-state index is 0.605. The number of fused-ring (bicyclic) bond motifs is 1. The number of nitrogens with zero attached hydrogens (tertiary/aromatic N) is 5. The summed E-state index contributed by atoms with van der Waals surface area (Å²) in [4.78, 5) is 6.74. The van der Waals surface area contributed by atoms with Gasteiger partial charge in [-0.15, -0.1) is 0 Å². The highest BCUT2D eigenvalue weighted by atomic mass is 35.5. The fourth-order valence-electron chi connectivity index (χ4n) is 3.28. The van der Waals surface area contributed by atoms with Gasteiger partial charge in [0.25, 0.3) is 0 Å². The number of aryl methyl sites for hydroxylation is 2. The minimum Gasteiger partial charge on any atom is -0.361 e. The summed E-state index contributed by atoms with van der Waals surface area (Å²) in [6.07, 6.45) is 1.83. The number of para-hydroxylation sites is 1. The van der Waals surface area contributed by atoms with Gasteiger partial charge in [0.1, 0.15) is 22.3 Å². The first kappa shape index (κ1) is 17.7. The van der Waals surface area contributed by atoms with Gasteiger partial charge in [-0.05, 0) is 25.6 Å². The number of benzene rings is 1. The molecule has 0 aliphatic rings. The standard InChI is InChI=1S/C20H20ClN5O/c1-13-10-17(24-27-13)19-16(20(21)26(3)23-19)12-25(2)11-15-7-4-6-14-8-5-9-22-18(14)15/h4-10H,11-12H2,1-3H3. The lowest BCUT2D eigenvalue weighted by atomic mass is 10.1. The first-order valence-corrected chi connectivity index (χ1v) is 9.07. The van der Waals surface area contributed by atoms with Crippen LogP contribution in [0.3, 0.4) is 0 Å². The van der Waals surface area contributed by atoms with Crippen LogP contribution in [0.15, 0.2) is 47.1 Å². The van der Waals surface area contributed by atoms with Crippen molar-refractivity contribution in [2.24, 2.45) is 7.05 Å². The Bertz CT molecular complexity index is 1100. The van der Waals surface area contributed by atoms with Gasteiger partial charge in [-0.1, -0.05) is 41.0 Å². The van der Waals surface area contributed by atoms with Crippen LogP contribution in [0.1, 0.15) is 16.9 Å². The SMILES string of the molecule is Cc1cc(-c2nn(C)c(Cl)c2CN(C)Cc2cccc3cccnc23)no1. The largest absolute Gasteiger partial charge is 0.361 e. The average Bonchev–Trinajstić information content (AvgIpc) is 3.20. The molecule has 6 nitrogen and oxygen atoms in total. The highest BCUT2D eigenvalue weighted by molar-refractivity contribution is 6.30. The van der Waals surface area contributed by atoms with Gasteiger partial charge in [-0.25, -0.2) is 0 Å². The molecule has 0 aliphatic carbocycles. The number of halogens is 1. The fraction of sp³-hybridized carbons (Fsp3) is 0.250. The maximum absolute atomic E-state index is 6.52. The summed E-state index contributed by atoms with van der Waals surface area (Å²) in [7, 11) is 3.89. The number of hydrogen-bond donors (Lipinski definition) is 0. The Kier molecular flexibility index (Phi) is 4.68. The molecular formula is C20H20ClN5O. The summed E-state index contributed by atoms with van der Waals surface area (Å²) < 4.78 is 6.88. The number of pyridine rings is 1. The molecule has 0 atom stereocenters. The maximum Gasteiger partial charge on any atom is 0.134 e. The predicted molar refractivity (Wildman–Crippen MR) is 105 cm³/mol. The lowest BCUT2D eigenvalue weighted by Gasteiger charge is -2.17. The van der Waals surface area contributed by atoms with Crippen LogP contribution in [-0.2, 0) is 20.1 Å². The third-order valence-electron chi connectivity index (χ3n) is 4.52. The molecule has 0 amide bonds. The van der Waals surface area contributed by atoms with Gasteiger partial charge in [-0.3, -0.25) is 14.6 Å². The van der Waals surface area contributed by atoms with E-state index in [1.54, 1.807) is 4.68 Å². The lowest BCUT2D eigenvalue weighted by molar-refractivity contribution is 0.320. The second-order valence-corrected chi connectivity index (χ2v) is 7.09. The van der Waals surface area contributed by atoms with Gasteiger partial charge in [0, 0.05) is 43.4 Å². The minimum absolute atomic E-state index is 0.605. The second-order valence-electron chi connectivity index (χ2n) is 6.73. The molecule has 4 aromatic rings. The molecule has 27 heavy (non-hydrogen) atoms. The third-order valence-corrected chi connectivity index (χ3v) is 5.00. The molecule has 4 rings (SSSR count). The van der Waals surface area contributed by atoms with Crippen LogP contribution in [0.25, 0.3) is 22.3 Å². The Morgan fingerprint density at radius 3 is 2.78 bits per heavy atom. The van der Waals surface area contributed by atoms with Crippen LogP contribution >= 0.6 is 11.6 Å². The van der Waals surface area contributed by atoms with Gasteiger partial charge < -0.3 is 4.52 Å². The van der Waals surface area contributed by atoms with E-state index in [-0.39, 0.29) is 0 Å².